The lowest BCUT2D eigenvalue weighted by Gasteiger charge is -1.91. The molecule has 0 unspecified atom stereocenters. The average Bonchev–Trinajstić information content (AvgIpc) is 1.82. The number of aliphatic imine (C=N–C) groups is 1. The summed E-state index contributed by atoms with van der Waals surface area (Å²) in [5.41, 5.74) is 2.02. The van der Waals surface area contributed by atoms with Gasteiger partial charge in [0.15, 0.2) is 0 Å². The summed E-state index contributed by atoms with van der Waals surface area (Å²) >= 11 is 0. The highest BCUT2D eigenvalue weighted by Gasteiger charge is 1.85. The van der Waals surface area contributed by atoms with E-state index in [4.69, 9.17) is 0 Å². The van der Waals surface area contributed by atoms with E-state index in [1.807, 2.05) is 26.8 Å². The van der Waals surface area contributed by atoms with E-state index in [-0.39, 0.29) is 0 Å². The van der Waals surface area contributed by atoms with Crippen molar-refractivity contribution in [2.45, 2.75) is 20.8 Å². The number of rotatable bonds is 2. The van der Waals surface area contributed by atoms with Gasteiger partial charge in [-0.3, -0.25) is 4.99 Å². The molecule has 0 aromatic rings. The van der Waals surface area contributed by atoms with Crippen molar-refractivity contribution in [2.75, 3.05) is 0 Å². The zero-order valence-electron chi connectivity index (χ0n) is 6.31. The zero-order valence-corrected chi connectivity index (χ0v) is 6.31. The fourth-order valence-electron chi connectivity index (χ4n) is 0.297. The summed E-state index contributed by atoms with van der Waals surface area (Å²) in [7, 11) is 0. The van der Waals surface area contributed by atoms with Crippen molar-refractivity contribution in [1.29, 1.82) is 0 Å². The van der Waals surface area contributed by atoms with Crippen LogP contribution in [0.3, 0.4) is 0 Å². The van der Waals surface area contributed by atoms with Crippen LogP contribution in [0.15, 0.2) is 29.4 Å². The van der Waals surface area contributed by atoms with Crippen LogP contribution >= 0.6 is 0 Å². The maximum absolute atomic E-state index is 4.08. The van der Waals surface area contributed by atoms with Crippen molar-refractivity contribution >= 4 is 5.71 Å². The molecule has 1 heteroatoms. The largest absolute Gasteiger partial charge is 0.262 e. The maximum Gasteiger partial charge on any atom is 0.0395 e. The summed E-state index contributed by atoms with van der Waals surface area (Å²) < 4.78 is 0. The molecule has 0 spiro atoms. The van der Waals surface area contributed by atoms with Gasteiger partial charge in [0.2, 0.25) is 0 Å². The standard InChI is InChI=1S/C8H13N/c1-5-6-9-8(4)7(2)3/h5-6H,2H2,1,3-4H3/b6-5-,9-8+. The molecule has 0 radical (unpaired) electrons. The van der Waals surface area contributed by atoms with Crippen LogP contribution in [0.1, 0.15) is 20.8 Å². The van der Waals surface area contributed by atoms with Crippen molar-refractivity contribution in [3.8, 4) is 0 Å². The van der Waals surface area contributed by atoms with Crippen molar-refractivity contribution in [2.24, 2.45) is 4.99 Å². The lowest BCUT2D eigenvalue weighted by Crippen LogP contribution is -1.88. The Morgan fingerprint density at radius 1 is 1.44 bits per heavy atom. The fraction of sp³-hybridized carbons (Fsp3) is 0.375. The molecule has 0 aliphatic rings. The molecular weight excluding hydrogens is 110 g/mol. The number of hydrogen-bond donors (Lipinski definition) is 0. The van der Waals surface area contributed by atoms with E-state index in [0.29, 0.717) is 0 Å². The third-order valence-corrected chi connectivity index (χ3v) is 1.03. The van der Waals surface area contributed by atoms with E-state index < -0.39 is 0 Å². The van der Waals surface area contributed by atoms with E-state index in [1.54, 1.807) is 6.20 Å². The first-order chi connectivity index (χ1) is 4.18. The highest BCUT2D eigenvalue weighted by atomic mass is 14.7. The molecule has 0 rings (SSSR count). The predicted molar refractivity (Wildman–Crippen MR) is 42.7 cm³/mol. The molecule has 0 N–H and O–H groups in total. The van der Waals surface area contributed by atoms with E-state index in [1.165, 1.54) is 0 Å². The summed E-state index contributed by atoms with van der Waals surface area (Å²) in [6, 6.07) is 0. The molecule has 1 nitrogen and oxygen atoms in total. The second-order valence-electron chi connectivity index (χ2n) is 1.98. The highest BCUT2D eigenvalue weighted by molar-refractivity contribution is 5.97. The molecule has 0 heterocycles. The Labute approximate surface area is 56.8 Å². The minimum absolute atomic E-state index is 0.994. The first-order valence-electron chi connectivity index (χ1n) is 3.00. The normalized spacial score (nSPS) is 12.6. The third-order valence-electron chi connectivity index (χ3n) is 1.03. The second-order valence-corrected chi connectivity index (χ2v) is 1.98. The Morgan fingerprint density at radius 2 is 2.00 bits per heavy atom. The first-order valence-corrected chi connectivity index (χ1v) is 3.00. The molecule has 0 fully saturated rings. The van der Waals surface area contributed by atoms with E-state index in [0.717, 1.165) is 11.3 Å². The Hall–Kier alpha value is -0.850. The van der Waals surface area contributed by atoms with Crippen LogP contribution in [0.4, 0.5) is 0 Å². The lowest BCUT2D eigenvalue weighted by molar-refractivity contribution is 1.46. The van der Waals surface area contributed by atoms with Crippen molar-refractivity contribution in [3.63, 3.8) is 0 Å². The van der Waals surface area contributed by atoms with Crippen LogP contribution in [0.25, 0.3) is 0 Å². The fourth-order valence-corrected chi connectivity index (χ4v) is 0.297. The monoisotopic (exact) mass is 123 g/mol. The summed E-state index contributed by atoms with van der Waals surface area (Å²) in [5.74, 6) is 0. The molecule has 50 valence electrons. The van der Waals surface area contributed by atoms with Crippen LogP contribution < -0.4 is 0 Å². The first kappa shape index (κ1) is 8.15. The van der Waals surface area contributed by atoms with Gasteiger partial charge < -0.3 is 0 Å². The molecule has 0 aliphatic heterocycles. The Kier molecular flexibility index (Phi) is 3.69. The van der Waals surface area contributed by atoms with Gasteiger partial charge in [0.25, 0.3) is 0 Å². The quantitative estimate of drug-likeness (QED) is 0.500. The number of nitrogens with zero attached hydrogens (tertiary/aromatic N) is 1. The van der Waals surface area contributed by atoms with Gasteiger partial charge in [-0.25, -0.2) is 0 Å². The Balaban J connectivity index is 4.00. The smallest absolute Gasteiger partial charge is 0.0395 e. The predicted octanol–water partition coefficient (Wildman–Crippen LogP) is 2.56. The van der Waals surface area contributed by atoms with Gasteiger partial charge in [-0.1, -0.05) is 12.7 Å². The van der Waals surface area contributed by atoms with Gasteiger partial charge in [0.1, 0.15) is 0 Å². The summed E-state index contributed by atoms with van der Waals surface area (Å²) in [4.78, 5) is 4.08. The molecule has 0 bridgehead atoms. The van der Waals surface area contributed by atoms with Crippen molar-refractivity contribution < 1.29 is 0 Å². The topological polar surface area (TPSA) is 12.4 Å². The molecule has 0 aliphatic carbocycles. The summed E-state index contributed by atoms with van der Waals surface area (Å²) in [6.07, 6.45) is 3.66. The molecule has 0 saturated heterocycles. The van der Waals surface area contributed by atoms with E-state index in [2.05, 4.69) is 11.6 Å². The molecule has 0 saturated carbocycles. The van der Waals surface area contributed by atoms with Gasteiger partial charge in [-0.2, -0.15) is 0 Å². The van der Waals surface area contributed by atoms with Crippen LogP contribution in [-0.4, -0.2) is 5.71 Å². The van der Waals surface area contributed by atoms with Gasteiger partial charge >= 0.3 is 0 Å². The molecule has 0 aromatic carbocycles. The van der Waals surface area contributed by atoms with Gasteiger partial charge in [-0.15, -0.1) is 0 Å². The lowest BCUT2D eigenvalue weighted by atomic mass is 10.2. The van der Waals surface area contributed by atoms with Gasteiger partial charge in [0, 0.05) is 11.9 Å². The van der Waals surface area contributed by atoms with E-state index in [9.17, 15) is 0 Å². The van der Waals surface area contributed by atoms with Crippen LogP contribution in [0.5, 0.6) is 0 Å². The molecule has 0 aromatic heterocycles. The minimum atomic E-state index is 0.994. The SMILES string of the molecule is C=C(C)/C(C)=N/C=C\C. The highest BCUT2D eigenvalue weighted by Crippen LogP contribution is 1.91. The summed E-state index contributed by atoms with van der Waals surface area (Å²) in [6.45, 7) is 9.58. The van der Waals surface area contributed by atoms with Crippen LogP contribution in [0, 0.1) is 0 Å². The number of hydrogen-bond acceptors (Lipinski definition) is 1. The van der Waals surface area contributed by atoms with Gasteiger partial charge in [0.05, 0.1) is 0 Å². The summed E-state index contributed by atoms with van der Waals surface area (Å²) in [5, 5.41) is 0. The van der Waals surface area contributed by atoms with Crippen molar-refractivity contribution in [3.05, 3.63) is 24.4 Å². The zero-order chi connectivity index (χ0) is 7.28. The van der Waals surface area contributed by atoms with E-state index >= 15 is 0 Å². The van der Waals surface area contributed by atoms with Gasteiger partial charge in [-0.05, 0) is 26.3 Å². The second kappa shape index (κ2) is 4.07. The average molecular weight is 123 g/mol. The van der Waals surface area contributed by atoms with Crippen molar-refractivity contribution in [1.82, 2.24) is 0 Å². The molecule has 0 amide bonds. The number of allylic oxidation sites excluding steroid dienone is 2. The minimum Gasteiger partial charge on any atom is -0.262 e. The Morgan fingerprint density at radius 3 is 2.33 bits per heavy atom. The molecule has 9 heavy (non-hydrogen) atoms. The van der Waals surface area contributed by atoms with Crippen LogP contribution in [0.2, 0.25) is 0 Å². The molecule has 0 atom stereocenters. The third kappa shape index (κ3) is 3.71. The molecular formula is C8H13N. The van der Waals surface area contributed by atoms with Crippen LogP contribution in [-0.2, 0) is 0 Å². The maximum atomic E-state index is 4.08. The Bertz CT molecular complexity index is 152.